The lowest BCUT2D eigenvalue weighted by Crippen LogP contribution is -2.55. The summed E-state index contributed by atoms with van der Waals surface area (Å²) in [7, 11) is 0. The minimum Gasteiger partial charge on any atom is -0.310 e. The number of fused-ring (bicyclic) bond motifs is 5. The molecular formula is C62H67N. The minimum atomic E-state index is 0.0525. The second-order valence-electron chi connectivity index (χ2n) is 23.9. The molecule has 7 aliphatic rings. The molecule has 6 aromatic carbocycles. The predicted octanol–water partition coefficient (Wildman–Crippen LogP) is 16.9. The number of rotatable bonds is 5. The van der Waals surface area contributed by atoms with Crippen LogP contribution in [0.15, 0.2) is 127 Å². The molecule has 0 amide bonds. The Hall–Kier alpha value is -4.88. The van der Waals surface area contributed by atoms with Crippen LogP contribution in [0.5, 0.6) is 0 Å². The average molecular weight is 826 g/mol. The molecule has 1 spiro atoms. The minimum absolute atomic E-state index is 0.0525. The second-order valence-corrected chi connectivity index (χ2v) is 23.9. The fourth-order valence-corrected chi connectivity index (χ4v) is 15.2. The van der Waals surface area contributed by atoms with E-state index in [9.17, 15) is 0 Å². The van der Waals surface area contributed by atoms with Crippen molar-refractivity contribution in [3.63, 3.8) is 0 Å². The van der Waals surface area contributed by atoms with Crippen molar-refractivity contribution in [1.29, 1.82) is 0 Å². The summed E-state index contributed by atoms with van der Waals surface area (Å²) in [6.07, 6.45) is 11.9. The summed E-state index contributed by atoms with van der Waals surface area (Å²) in [6.45, 7) is 19.6. The van der Waals surface area contributed by atoms with Crippen LogP contribution in [-0.4, -0.2) is 0 Å². The molecule has 13 rings (SSSR count). The van der Waals surface area contributed by atoms with Gasteiger partial charge in [0.15, 0.2) is 0 Å². The maximum atomic E-state index is 2.64. The molecule has 4 fully saturated rings. The Kier molecular flexibility index (Phi) is 8.55. The van der Waals surface area contributed by atoms with Crippen LogP contribution >= 0.6 is 0 Å². The number of nitrogens with zero attached hydrogens (tertiary/aromatic N) is 1. The Morgan fingerprint density at radius 3 is 1.49 bits per heavy atom. The summed E-state index contributed by atoms with van der Waals surface area (Å²) >= 11 is 0. The van der Waals surface area contributed by atoms with Crippen LogP contribution in [0.25, 0.3) is 33.4 Å². The summed E-state index contributed by atoms with van der Waals surface area (Å²) in [5, 5.41) is 0. The molecule has 7 aliphatic carbocycles. The van der Waals surface area contributed by atoms with Gasteiger partial charge in [-0.2, -0.15) is 0 Å². The molecular weight excluding hydrogens is 759 g/mol. The van der Waals surface area contributed by atoms with Gasteiger partial charge in [-0.15, -0.1) is 0 Å². The Morgan fingerprint density at radius 2 is 0.857 bits per heavy atom. The third-order valence-electron chi connectivity index (χ3n) is 18.4. The van der Waals surface area contributed by atoms with E-state index in [1.807, 2.05) is 0 Å². The zero-order chi connectivity index (χ0) is 43.3. The maximum absolute atomic E-state index is 2.64. The van der Waals surface area contributed by atoms with Gasteiger partial charge in [0, 0.05) is 16.8 Å². The van der Waals surface area contributed by atoms with E-state index in [4.69, 9.17) is 0 Å². The van der Waals surface area contributed by atoms with Gasteiger partial charge in [-0.05, 0) is 206 Å². The second kappa shape index (κ2) is 13.6. The maximum Gasteiger partial charge on any atom is 0.0502 e. The molecule has 0 aliphatic heterocycles. The van der Waals surface area contributed by atoms with Crippen LogP contribution in [0.2, 0.25) is 0 Å². The molecule has 6 aromatic rings. The van der Waals surface area contributed by atoms with Gasteiger partial charge in [0.25, 0.3) is 0 Å². The van der Waals surface area contributed by atoms with E-state index in [2.05, 4.69) is 188 Å². The van der Waals surface area contributed by atoms with Crippen molar-refractivity contribution < 1.29 is 0 Å². The summed E-state index contributed by atoms with van der Waals surface area (Å²) in [4.78, 5) is 2.58. The normalized spacial score (nSPS) is 27.0. The molecule has 63 heavy (non-hydrogen) atoms. The fraction of sp³-hybridized carbons (Fsp3) is 0.419. The molecule has 0 atom stereocenters. The van der Waals surface area contributed by atoms with Gasteiger partial charge in [-0.3, -0.25) is 0 Å². The molecule has 0 aromatic heterocycles. The van der Waals surface area contributed by atoms with Crippen LogP contribution in [0.1, 0.15) is 147 Å². The Balaban J connectivity index is 0.969. The molecule has 0 heterocycles. The number of benzene rings is 6. The van der Waals surface area contributed by atoms with Crippen LogP contribution < -0.4 is 4.90 Å². The molecule has 0 N–H and O–H groups in total. The van der Waals surface area contributed by atoms with Gasteiger partial charge >= 0.3 is 0 Å². The van der Waals surface area contributed by atoms with Crippen molar-refractivity contribution in [3.8, 4) is 33.4 Å². The first-order valence-corrected chi connectivity index (χ1v) is 24.7. The van der Waals surface area contributed by atoms with Gasteiger partial charge in [-0.1, -0.05) is 146 Å². The number of anilines is 3. The lowest BCUT2D eigenvalue weighted by Gasteiger charge is -2.61. The number of hydrogen-bond acceptors (Lipinski definition) is 1. The lowest BCUT2D eigenvalue weighted by atomic mass is 9.43. The fourth-order valence-electron chi connectivity index (χ4n) is 15.2. The molecule has 4 bridgehead atoms. The predicted molar refractivity (Wildman–Crippen MR) is 266 cm³/mol. The highest BCUT2D eigenvalue weighted by molar-refractivity contribution is 5.86. The molecule has 0 unspecified atom stereocenters. The van der Waals surface area contributed by atoms with Gasteiger partial charge in [-0.25, -0.2) is 0 Å². The first kappa shape index (κ1) is 39.7. The highest BCUT2D eigenvalue weighted by atomic mass is 15.1. The molecule has 4 saturated carbocycles. The summed E-state index contributed by atoms with van der Waals surface area (Å²) in [5.74, 6) is 3.43. The van der Waals surface area contributed by atoms with E-state index >= 15 is 0 Å². The molecule has 1 heteroatoms. The molecule has 0 radical (unpaired) electrons. The number of hydrogen-bond donors (Lipinski definition) is 0. The van der Waals surface area contributed by atoms with Crippen LogP contribution in [0.4, 0.5) is 17.1 Å². The van der Waals surface area contributed by atoms with E-state index in [0.29, 0.717) is 0 Å². The van der Waals surface area contributed by atoms with Crippen molar-refractivity contribution in [3.05, 3.63) is 161 Å². The summed E-state index contributed by atoms with van der Waals surface area (Å²) < 4.78 is 0. The van der Waals surface area contributed by atoms with Crippen LogP contribution in [0.3, 0.4) is 0 Å². The van der Waals surface area contributed by atoms with E-state index in [1.54, 1.807) is 11.1 Å². The summed E-state index contributed by atoms with van der Waals surface area (Å²) in [5.41, 5.74) is 22.1. The Labute approximate surface area is 378 Å². The third kappa shape index (κ3) is 5.79. The van der Waals surface area contributed by atoms with Gasteiger partial charge in [0.2, 0.25) is 0 Å². The standard InChI is InChI=1S/C62H67N/c1-58(2)29-31-60(5,6)56-48(14-11-16-52(56)58)42-21-26-47(27-22-42)63(55-18-12-17-53-57(55)61(7,8)32-30-59(53,3)4)46-24-19-41(20-25-46)43-23-28-50-49-13-9-10-15-51(49)62(54(50)38-43)44-34-39-33-40(36-44)37-45(62)35-39/h9-28,38-40,44-45H,29-37H2,1-8H3. The zero-order valence-corrected chi connectivity index (χ0v) is 39.2. The average Bonchev–Trinajstić information content (AvgIpc) is 3.56. The highest BCUT2D eigenvalue weighted by Crippen LogP contribution is 2.69. The largest absolute Gasteiger partial charge is 0.310 e. The Bertz CT molecular complexity index is 2760. The third-order valence-corrected chi connectivity index (χ3v) is 18.4. The van der Waals surface area contributed by atoms with Gasteiger partial charge in [0.05, 0.1) is 5.69 Å². The zero-order valence-electron chi connectivity index (χ0n) is 39.2. The Morgan fingerprint density at radius 1 is 0.381 bits per heavy atom. The van der Waals surface area contributed by atoms with Crippen molar-refractivity contribution in [2.75, 3.05) is 4.90 Å². The van der Waals surface area contributed by atoms with Crippen molar-refractivity contribution >= 4 is 17.1 Å². The van der Waals surface area contributed by atoms with E-state index in [0.717, 1.165) is 23.7 Å². The SMILES string of the molecule is CC1(C)CCC(C)(C)c2c(-c3ccc(N(c4ccc(-c5ccc6c(c5)C5(c7ccccc7-6)C6CC7CC(C6)CC5C7)cc4)c4cccc5c4C(C)(C)CCC5(C)C)cc3)cccc21. The first-order chi connectivity index (χ1) is 30.2. The van der Waals surface area contributed by atoms with Crippen molar-refractivity contribution in [1.82, 2.24) is 0 Å². The van der Waals surface area contributed by atoms with E-state index in [1.165, 1.54) is 130 Å². The first-order valence-electron chi connectivity index (χ1n) is 24.7. The summed E-state index contributed by atoms with van der Waals surface area (Å²) in [6, 6.07) is 50.5. The van der Waals surface area contributed by atoms with Crippen LogP contribution in [-0.2, 0) is 27.1 Å². The molecule has 0 saturated heterocycles. The topological polar surface area (TPSA) is 3.24 Å². The molecule has 1 nitrogen and oxygen atoms in total. The van der Waals surface area contributed by atoms with Crippen molar-refractivity contribution in [2.24, 2.45) is 23.7 Å². The van der Waals surface area contributed by atoms with Gasteiger partial charge in [0.1, 0.15) is 0 Å². The smallest absolute Gasteiger partial charge is 0.0502 e. The van der Waals surface area contributed by atoms with E-state index in [-0.39, 0.29) is 27.1 Å². The van der Waals surface area contributed by atoms with Gasteiger partial charge < -0.3 is 4.90 Å². The lowest BCUT2D eigenvalue weighted by molar-refractivity contribution is -0.0399. The highest BCUT2D eigenvalue weighted by Gasteiger charge is 2.61. The van der Waals surface area contributed by atoms with Crippen molar-refractivity contribution in [2.45, 2.75) is 140 Å². The molecule has 320 valence electrons. The quantitative estimate of drug-likeness (QED) is 0.167. The monoisotopic (exact) mass is 826 g/mol. The van der Waals surface area contributed by atoms with E-state index < -0.39 is 0 Å². The van der Waals surface area contributed by atoms with Crippen LogP contribution in [0, 0.1) is 23.7 Å².